The lowest BCUT2D eigenvalue weighted by Gasteiger charge is -2.43. The molecule has 3 amide bonds. The number of carbonyl (C=O) groups excluding carboxylic acids is 2. The second-order valence-electron chi connectivity index (χ2n) is 7.88. The van der Waals surface area contributed by atoms with Gasteiger partial charge in [0, 0.05) is 34.5 Å². The van der Waals surface area contributed by atoms with Crippen molar-refractivity contribution in [3.05, 3.63) is 95.0 Å². The molecule has 0 fully saturated rings. The largest absolute Gasteiger partial charge is 0.338 e. The lowest BCUT2D eigenvalue weighted by atomic mass is 9.89. The molecule has 0 aliphatic carbocycles. The predicted molar refractivity (Wildman–Crippen MR) is 130 cm³/mol. The smallest absolute Gasteiger partial charge is 0.322 e. The first kappa shape index (κ1) is 21.9. The molecule has 0 aromatic heterocycles. The van der Waals surface area contributed by atoms with Crippen LogP contribution in [0.15, 0.2) is 78.9 Å². The number of hydrogen-bond acceptors (Lipinski definition) is 2. The van der Waals surface area contributed by atoms with E-state index in [-0.39, 0.29) is 24.0 Å². The van der Waals surface area contributed by atoms with Crippen molar-refractivity contribution in [3.8, 4) is 0 Å². The minimum absolute atomic E-state index is 0.0793. The summed E-state index contributed by atoms with van der Waals surface area (Å²) in [5, 5.41) is 3.54. The average Bonchev–Trinajstić information content (AvgIpc) is 2.80. The van der Waals surface area contributed by atoms with E-state index in [0.29, 0.717) is 23.6 Å². The maximum atomic E-state index is 13.5. The quantitative estimate of drug-likeness (QED) is 0.528. The SMILES string of the molecule is CCNC(=O)N(c1ccccc1)C1CC(C)N(C(=O)c2ccc(Cl)cc2)c2ccccc21. The van der Waals surface area contributed by atoms with Crippen LogP contribution in [0.3, 0.4) is 0 Å². The molecule has 3 aromatic carbocycles. The van der Waals surface area contributed by atoms with E-state index in [1.165, 1.54) is 0 Å². The number of rotatable bonds is 4. The molecule has 2 unspecified atom stereocenters. The first-order valence-electron chi connectivity index (χ1n) is 10.8. The summed E-state index contributed by atoms with van der Waals surface area (Å²) in [6.07, 6.45) is 0.613. The van der Waals surface area contributed by atoms with E-state index in [9.17, 15) is 9.59 Å². The highest BCUT2D eigenvalue weighted by atomic mass is 35.5. The van der Waals surface area contributed by atoms with Crippen molar-refractivity contribution in [3.63, 3.8) is 0 Å². The van der Waals surface area contributed by atoms with Crippen LogP contribution in [-0.4, -0.2) is 24.5 Å². The Bertz CT molecular complexity index is 1100. The highest BCUT2D eigenvalue weighted by molar-refractivity contribution is 6.30. The summed E-state index contributed by atoms with van der Waals surface area (Å²) < 4.78 is 0. The number of benzene rings is 3. The van der Waals surface area contributed by atoms with Crippen LogP contribution >= 0.6 is 11.6 Å². The Morgan fingerprint density at radius 2 is 1.66 bits per heavy atom. The molecule has 1 aliphatic rings. The molecular formula is C26H26ClN3O2. The number of fused-ring (bicyclic) bond motifs is 1. The average molecular weight is 448 g/mol. The molecule has 1 heterocycles. The van der Waals surface area contributed by atoms with Gasteiger partial charge in [-0.25, -0.2) is 4.79 Å². The van der Waals surface area contributed by atoms with Gasteiger partial charge >= 0.3 is 6.03 Å². The van der Waals surface area contributed by atoms with Crippen molar-refractivity contribution in [2.45, 2.75) is 32.4 Å². The number of anilines is 2. The van der Waals surface area contributed by atoms with Crippen molar-refractivity contribution in [2.75, 3.05) is 16.3 Å². The van der Waals surface area contributed by atoms with Gasteiger partial charge in [-0.1, -0.05) is 48.0 Å². The Morgan fingerprint density at radius 1 is 1.00 bits per heavy atom. The summed E-state index contributed by atoms with van der Waals surface area (Å²) in [5.74, 6) is -0.0793. The Kier molecular flexibility index (Phi) is 6.47. The summed E-state index contributed by atoms with van der Waals surface area (Å²) >= 11 is 6.01. The molecule has 0 radical (unpaired) electrons. The Morgan fingerprint density at radius 3 is 2.34 bits per heavy atom. The lowest BCUT2D eigenvalue weighted by Crippen LogP contribution is -2.49. The minimum Gasteiger partial charge on any atom is -0.338 e. The van der Waals surface area contributed by atoms with Crippen molar-refractivity contribution >= 4 is 34.9 Å². The third-order valence-electron chi connectivity index (χ3n) is 5.76. The van der Waals surface area contributed by atoms with E-state index in [1.807, 2.05) is 78.2 Å². The van der Waals surface area contributed by atoms with Crippen molar-refractivity contribution in [1.82, 2.24) is 5.32 Å². The fourth-order valence-corrected chi connectivity index (χ4v) is 4.46. The van der Waals surface area contributed by atoms with Crippen LogP contribution < -0.4 is 15.1 Å². The number of urea groups is 1. The summed E-state index contributed by atoms with van der Waals surface area (Å²) in [5.41, 5.74) is 3.17. The molecule has 0 saturated heterocycles. The fourth-order valence-electron chi connectivity index (χ4n) is 4.33. The maximum Gasteiger partial charge on any atom is 0.322 e. The van der Waals surface area contributed by atoms with Crippen molar-refractivity contribution < 1.29 is 9.59 Å². The van der Waals surface area contributed by atoms with Crippen LogP contribution in [0, 0.1) is 0 Å². The van der Waals surface area contributed by atoms with Crippen LogP contribution in [0.5, 0.6) is 0 Å². The van der Waals surface area contributed by atoms with Gasteiger partial charge in [-0.05, 0) is 68.3 Å². The number of para-hydroxylation sites is 2. The molecule has 0 saturated carbocycles. The molecular weight excluding hydrogens is 422 g/mol. The summed E-state index contributed by atoms with van der Waals surface area (Å²) in [4.78, 5) is 30.2. The van der Waals surface area contributed by atoms with Gasteiger partial charge in [0.2, 0.25) is 0 Å². The normalized spacial score (nSPS) is 17.4. The Balaban J connectivity index is 1.77. The number of halogens is 1. The van der Waals surface area contributed by atoms with E-state index >= 15 is 0 Å². The zero-order valence-electron chi connectivity index (χ0n) is 18.2. The van der Waals surface area contributed by atoms with Crippen molar-refractivity contribution in [2.24, 2.45) is 0 Å². The molecule has 4 rings (SSSR count). The van der Waals surface area contributed by atoms with Crippen molar-refractivity contribution in [1.29, 1.82) is 0 Å². The Labute approximate surface area is 193 Å². The molecule has 2 atom stereocenters. The molecule has 5 nitrogen and oxygen atoms in total. The first-order valence-corrected chi connectivity index (χ1v) is 11.2. The third-order valence-corrected chi connectivity index (χ3v) is 6.02. The number of amides is 3. The number of carbonyl (C=O) groups is 2. The molecule has 1 N–H and O–H groups in total. The molecule has 0 spiro atoms. The zero-order valence-corrected chi connectivity index (χ0v) is 18.9. The summed E-state index contributed by atoms with van der Waals surface area (Å²) in [7, 11) is 0. The van der Waals surface area contributed by atoms with Gasteiger partial charge in [0.05, 0.1) is 6.04 Å². The van der Waals surface area contributed by atoms with E-state index < -0.39 is 0 Å². The first-order chi connectivity index (χ1) is 15.5. The van der Waals surface area contributed by atoms with E-state index in [2.05, 4.69) is 5.32 Å². The lowest BCUT2D eigenvalue weighted by molar-refractivity contribution is 0.0973. The van der Waals surface area contributed by atoms with Gasteiger partial charge in [0.1, 0.15) is 0 Å². The van der Waals surface area contributed by atoms with Gasteiger partial charge in [0.25, 0.3) is 5.91 Å². The second-order valence-corrected chi connectivity index (χ2v) is 8.32. The van der Waals surface area contributed by atoms with Crippen LogP contribution in [0.1, 0.15) is 42.2 Å². The fraction of sp³-hybridized carbons (Fsp3) is 0.231. The van der Waals surface area contributed by atoms with Crippen LogP contribution in [-0.2, 0) is 0 Å². The number of nitrogens with one attached hydrogen (secondary N) is 1. The molecule has 6 heteroatoms. The molecule has 164 valence electrons. The van der Waals surface area contributed by atoms with E-state index in [4.69, 9.17) is 11.6 Å². The predicted octanol–water partition coefficient (Wildman–Crippen LogP) is 6.06. The third kappa shape index (κ3) is 4.21. The summed E-state index contributed by atoms with van der Waals surface area (Å²) in [6, 6.07) is 24.0. The maximum absolute atomic E-state index is 13.5. The molecule has 3 aromatic rings. The molecule has 32 heavy (non-hydrogen) atoms. The topological polar surface area (TPSA) is 52.7 Å². The highest BCUT2D eigenvalue weighted by Crippen LogP contribution is 2.42. The number of hydrogen-bond donors (Lipinski definition) is 1. The second kappa shape index (κ2) is 9.45. The van der Waals surface area contributed by atoms with Crippen LogP contribution in [0.4, 0.5) is 16.2 Å². The van der Waals surface area contributed by atoms with Gasteiger partial charge in [-0.2, -0.15) is 0 Å². The van der Waals surface area contributed by atoms with Gasteiger partial charge in [-0.3, -0.25) is 9.69 Å². The Hall–Kier alpha value is -3.31. The van der Waals surface area contributed by atoms with E-state index in [1.54, 1.807) is 24.3 Å². The van der Waals surface area contributed by atoms with Gasteiger partial charge < -0.3 is 10.2 Å². The summed E-state index contributed by atoms with van der Waals surface area (Å²) in [6.45, 7) is 4.47. The standard InChI is InChI=1S/C26H26ClN3O2/c1-3-28-26(32)30(21-9-5-4-6-10-21)24-17-18(2)29(23-12-8-7-11-22(23)24)25(31)19-13-15-20(27)16-14-19/h4-16,18,24H,3,17H2,1-2H3,(H,28,32). The van der Waals surface area contributed by atoms with Gasteiger partial charge in [0.15, 0.2) is 0 Å². The monoisotopic (exact) mass is 447 g/mol. The highest BCUT2D eigenvalue weighted by Gasteiger charge is 2.38. The van der Waals surface area contributed by atoms with E-state index in [0.717, 1.165) is 16.9 Å². The molecule has 0 bridgehead atoms. The minimum atomic E-state index is -0.204. The van der Waals surface area contributed by atoms with Crippen LogP contribution in [0.2, 0.25) is 5.02 Å². The zero-order chi connectivity index (χ0) is 22.7. The number of nitrogens with zero attached hydrogens (tertiary/aromatic N) is 2. The molecule has 1 aliphatic heterocycles. The van der Waals surface area contributed by atoms with Crippen LogP contribution in [0.25, 0.3) is 0 Å². The van der Waals surface area contributed by atoms with Gasteiger partial charge in [-0.15, -0.1) is 0 Å².